The van der Waals surface area contributed by atoms with E-state index >= 15 is 0 Å². The van der Waals surface area contributed by atoms with E-state index < -0.39 is 5.97 Å². The van der Waals surface area contributed by atoms with E-state index in [1.54, 1.807) is 4.90 Å². The Kier molecular flexibility index (Phi) is 6.81. The van der Waals surface area contributed by atoms with Crippen LogP contribution in [-0.4, -0.2) is 46.2 Å². The zero-order valence-corrected chi connectivity index (χ0v) is 17.0. The Hall–Kier alpha value is -1.97. The summed E-state index contributed by atoms with van der Waals surface area (Å²) in [5.74, 6) is -0.982. The van der Waals surface area contributed by atoms with Crippen molar-refractivity contribution < 1.29 is 19.4 Å². The third kappa shape index (κ3) is 5.50. The number of ether oxygens (including phenoxy) is 1. The zero-order chi connectivity index (χ0) is 19.2. The van der Waals surface area contributed by atoms with Crippen molar-refractivity contribution in [3.05, 3.63) is 50.4 Å². The van der Waals surface area contributed by atoms with Crippen LogP contribution in [0.5, 0.6) is 0 Å². The van der Waals surface area contributed by atoms with Crippen LogP contribution < -0.4 is 5.32 Å². The largest absolute Gasteiger partial charge is 0.477 e. The first-order valence-corrected chi connectivity index (χ1v) is 10.2. The minimum atomic E-state index is -0.982. The molecular formula is C18H20BrN3O4S. The number of aromatic nitrogens is 1. The van der Waals surface area contributed by atoms with Gasteiger partial charge in [-0.3, -0.25) is 0 Å². The second kappa shape index (κ2) is 9.29. The van der Waals surface area contributed by atoms with Crippen LogP contribution in [0.15, 0.2) is 34.2 Å². The average Bonchev–Trinajstić information content (AvgIpc) is 3.06. The second-order valence-corrected chi connectivity index (χ2v) is 8.53. The quantitative estimate of drug-likeness (QED) is 0.695. The van der Waals surface area contributed by atoms with Gasteiger partial charge in [-0.2, -0.15) is 0 Å². The van der Waals surface area contributed by atoms with Gasteiger partial charge in [0.05, 0.1) is 5.69 Å². The van der Waals surface area contributed by atoms with Crippen LogP contribution in [0.25, 0.3) is 0 Å². The summed E-state index contributed by atoms with van der Waals surface area (Å²) in [4.78, 5) is 29.7. The van der Waals surface area contributed by atoms with E-state index in [-0.39, 0.29) is 23.6 Å². The third-order valence-corrected chi connectivity index (χ3v) is 5.85. The Labute approximate surface area is 169 Å². The molecule has 3 rings (SSSR count). The molecule has 1 unspecified atom stereocenters. The van der Waals surface area contributed by atoms with Gasteiger partial charge in [0.2, 0.25) is 0 Å². The highest BCUT2D eigenvalue weighted by Crippen LogP contribution is 2.23. The lowest BCUT2D eigenvalue weighted by Crippen LogP contribution is -2.48. The van der Waals surface area contributed by atoms with E-state index in [1.165, 1.54) is 0 Å². The summed E-state index contributed by atoms with van der Waals surface area (Å²) in [6.07, 6.45) is 1.45. The number of carbonyl (C=O) groups is 2. The molecule has 2 heterocycles. The summed E-state index contributed by atoms with van der Waals surface area (Å²) in [6.45, 7) is 1.79. The molecule has 0 radical (unpaired) electrons. The van der Waals surface area contributed by atoms with Crippen LogP contribution in [0, 0.1) is 0 Å². The highest BCUT2D eigenvalue weighted by atomic mass is 79.9. The van der Waals surface area contributed by atoms with Crippen molar-refractivity contribution in [2.45, 2.75) is 32.0 Å². The number of hydrogen-bond acceptors (Lipinski definition) is 6. The van der Waals surface area contributed by atoms with Crippen molar-refractivity contribution in [1.82, 2.24) is 15.2 Å². The smallest absolute Gasteiger partial charge is 0.410 e. The topological polar surface area (TPSA) is 91.8 Å². The summed E-state index contributed by atoms with van der Waals surface area (Å²) in [5, 5.41) is 12.6. The van der Waals surface area contributed by atoms with E-state index in [0.717, 1.165) is 29.7 Å². The van der Waals surface area contributed by atoms with Gasteiger partial charge in [0.25, 0.3) is 0 Å². The molecule has 27 heavy (non-hydrogen) atoms. The molecule has 0 aliphatic carbocycles. The molecule has 0 saturated carbocycles. The first-order valence-electron chi connectivity index (χ1n) is 8.60. The second-order valence-electron chi connectivity index (χ2n) is 6.25. The van der Waals surface area contributed by atoms with E-state index in [1.807, 2.05) is 30.3 Å². The first-order chi connectivity index (χ1) is 13.0. The van der Waals surface area contributed by atoms with Crippen molar-refractivity contribution in [2.24, 2.45) is 0 Å². The van der Waals surface area contributed by atoms with Crippen LogP contribution in [0.3, 0.4) is 0 Å². The predicted octanol–water partition coefficient (Wildman–Crippen LogP) is 3.49. The number of benzene rings is 1. The van der Waals surface area contributed by atoms with E-state index in [2.05, 4.69) is 26.2 Å². The highest BCUT2D eigenvalue weighted by Gasteiger charge is 2.25. The SMILES string of the molecule is O=C(O)c1sc(Br)nc1CNC1CCCN(C(=O)OCc2ccccc2)C1. The molecule has 1 amide bonds. The van der Waals surface area contributed by atoms with Gasteiger partial charge in [-0.05, 0) is 34.3 Å². The monoisotopic (exact) mass is 453 g/mol. The molecule has 1 aromatic carbocycles. The third-order valence-electron chi connectivity index (χ3n) is 4.31. The number of aromatic carboxylic acids is 1. The van der Waals surface area contributed by atoms with Crippen molar-refractivity contribution >= 4 is 39.3 Å². The van der Waals surface area contributed by atoms with Gasteiger partial charge in [0.15, 0.2) is 3.92 Å². The number of hydrogen-bond donors (Lipinski definition) is 2. The summed E-state index contributed by atoms with van der Waals surface area (Å²) < 4.78 is 5.94. The van der Waals surface area contributed by atoms with Crippen molar-refractivity contribution in [1.29, 1.82) is 0 Å². The maximum absolute atomic E-state index is 12.3. The minimum absolute atomic E-state index is 0.0742. The zero-order valence-electron chi connectivity index (χ0n) is 14.6. The molecule has 1 atom stereocenters. The van der Waals surface area contributed by atoms with Gasteiger partial charge in [-0.1, -0.05) is 41.7 Å². The number of amides is 1. The number of piperidine rings is 1. The number of nitrogens with zero attached hydrogens (tertiary/aromatic N) is 2. The molecule has 144 valence electrons. The van der Waals surface area contributed by atoms with Crippen molar-refractivity contribution in [3.8, 4) is 0 Å². The Balaban J connectivity index is 1.50. The van der Waals surface area contributed by atoms with Gasteiger partial charge in [0, 0.05) is 25.7 Å². The van der Waals surface area contributed by atoms with Gasteiger partial charge in [0.1, 0.15) is 11.5 Å². The van der Waals surface area contributed by atoms with Crippen LogP contribution in [-0.2, 0) is 17.9 Å². The summed E-state index contributed by atoms with van der Waals surface area (Å²) in [6, 6.07) is 9.64. The normalized spacial score (nSPS) is 16.9. The van der Waals surface area contributed by atoms with Gasteiger partial charge < -0.3 is 20.1 Å². The lowest BCUT2D eigenvalue weighted by atomic mass is 10.1. The van der Waals surface area contributed by atoms with Gasteiger partial charge in [-0.25, -0.2) is 14.6 Å². The first kappa shape index (κ1) is 19.8. The fourth-order valence-electron chi connectivity index (χ4n) is 2.97. The molecule has 7 nitrogen and oxygen atoms in total. The average molecular weight is 454 g/mol. The number of thiazole rings is 1. The van der Waals surface area contributed by atoms with Crippen LogP contribution in [0.4, 0.5) is 4.79 Å². The lowest BCUT2D eigenvalue weighted by Gasteiger charge is -2.32. The van der Waals surface area contributed by atoms with E-state index in [4.69, 9.17) is 4.74 Å². The molecule has 1 fully saturated rings. The Morgan fingerprint density at radius 1 is 1.37 bits per heavy atom. The van der Waals surface area contributed by atoms with Gasteiger partial charge >= 0.3 is 12.1 Å². The van der Waals surface area contributed by atoms with Crippen LogP contribution >= 0.6 is 27.3 Å². The molecule has 1 aromatic heterocycles. The number of halogens is 1. The van der Waals surface area contributed by atoms with Crippen molar-refractivity contribution in [3.63, 3.8) is 0 Å². The molecule has 1 aliphatic heterocycles. The molecule has 0 spiro atoms. The standard InChI is InChI=1S/C18H20BrN3O4S/c19-17-21-14(15(27-17)16(23)24)9-20-13-7-4-8-22(10-13)18(25)26-11-12-5-2-1-3-6-12/h1-3,5-6,13,20H,4,7-11H2,(H,23,24). The van der Waals surface area contributed by atoms with E-state index in [9.17, 15) is 14.7 Å². The number of carboxylic acid groups (broad SMARTS) is 1. The fourth-order valence-corrected chi connectivity index (χ4v) is 4.32. The Morgan fingerprint density at radius 2 is 2.15 bits per heavy atom. The number of nitrogens with one attached hydrogen (secondary N) is 1. The van der Waals surface area contributed by atoms with Crippen molar-refractivity contribution in [2.75, 3.05) is 13.1 Å². The van der Waals surface area contributed by atoms with Crippen LogP contribution in [0.2, 0.25) is 0 Å². The number of rotatable bonds is 6. The molecule has 1 aliphatic rings. The molecule has 2 N–H and O–H groups in total. The molecule has 0 bridgehead atoms. The fraction of sp³-hybridized carbons (Fsp3) is 0.389. The minimum Gasteiger partial charge on any atom is -0.477 e. The Morgan fingerprint density at radius 3 is 2.89 bits per heavy atom. The summed E-state index contributed by atoms with van der Waals surface area (Å²) in [7, 11) is 0. The number of carboxylic acids is 1. The van der Waals surface area contributed by atoms with Crippen LogP contribution in [0.1, 0.15) is 33.8 Å². The maximum atomic E-state index is 12.3. The number of likely N-dealkylation sites (tertiary alicyclic amines) is 1. The molecule has 9 heteroatoms. The molecular weight excluding hydrogens is 434 g/mol. The molecule has 1 saturated heterocycles. The highest BCUT2D eigenvalue weighted by molar-refractivity contribution is 9.11. The van der Waals surface area contributed by atoms with E-state index in [0.29, 0.717) is 29.2 Å². The maximum Gasteiger partial charge on any atom is 0.410 e. The Bertz CT molecular complexity index is 799. The van der Waals surface area contributed by atoms with Gasteiger partial charge in [-0.15, -0.1) is 0 Å². The summed E-state index contributed by atoms with van der Waals surface area (Å²) in [5.41, 5.74) is 1.45. The number of carbonyl (C=O) groups excluding carboxylic acids is 1. The molecule has 2 aromatic rings. The summed E-state index contributed by atoms with van der Waals surface area (Å²) >= 11 is 4.33. The lowest BCUT2D eigenvalue weighted by molar-refractivity contribution is 0.0700. The predicted molar refractivity (Wildman–Crippen MR) is 105 cm³/mol.